The Kier molecular flexibility index (Phi) is 7.53. The molecule has 2 unspecified atom stereocenters. The molecule has 0 saturated carbocycles. The molecule has 1 aliphatic rings. The predicted molar refractivity (Wildman–Crippen MR) is 94.9 cm³/mol. The van der Waals surface area contributed by atoms with Crippen LogP contribution in [0.5, 0.6) is 5.75 Å². The van der Waals surface area contributed by atoms with E-state index in [-0.39, 0.29) is 18.6 Å². The molecular formula is C19H30N2O3. The largest absolute Gasteiger partial charge is 0.494 e. The van der Waals surface area contributed by atoms with Crippen molar-refractivity contribution in [3.05, 3.63) is 29.8 Å². The number of likely N-dealkylation sites (tertiary alicyclic amines) is 1. The zero-order valence-corrected chi connectivity index (χ0v) is 14.8. The molecule has 1 aromatic rings. The monoisotopic (exact) mass is 334 g/mol. The fourth-order valence-corrected chi connectivity index (χ4v) is 3.23. The molecule has 5 heteroatoms. The van der Waals surface area contributed by atoms with E-state index in [1.54, 1.807) is 0 Å². The number of piperidine rings is 1. The van der Waals surface area contributed by atoms with E-state index in [0.717, 1.165) is 37.1 Å². The van der Waals surface area contributed by atoms with Gasteiger partial charge in [0.1, 0.15) is 5.75 Å². The molecule has 2 rings (SSSR count). The summed E-state index contributed by atoms with van der Waals surface area (Å²) in [5.74, 6) is 1.28. The molecule has 0 spiro atoms. The zero-order valence-electron chi connectivity index (χ0n) is 14.8. The van der Waals surface area contributed by atoms with Crippen molar-refractivity contribution in [3.63, 3.8) is 0 Å². The third-order valence-corrected chi connectivity index (χ3v) is 4.63. The lowest BCUT2D eigenvalue weighted by molar-refractivity contribution is -0.124. The third kappa shape index (κ3) is 5.49. The van der Waals surface area contributed by atoms with Crippen LogP contribution in [0.2, 0.25) is 0 Å². The number of ether oxygens (including phenoxy) is 1. The van der Waals surface area contributed by atoms with E-state index < -0.39 is 0 Å². The van der Waals surface area contributed by atoms with E-state index in [1.165, 1.54) is 0 Å². The van der Waals surface area contributed by atoms with Gasteiger partial charge in [0.25, 0.3) is 0 Å². The summed E-state index contributed by atoms with van der Waals surface area (Å²) < 4.78 is 5.62. The van der Waals surface area contributed by atoms with Crippen molar-refractivity contribution in [3.8, 4) is 5.75 Å². The second kappa shape index (κ2) is 9.64. The average molecular weight is 334 g/mol. The highest BCUT2D eigenvalue weighted by molar-refractivity contribution is 5.78. The SMILES string of the molecule is CCCOc1cccc(CNC(=O)CN2CCCC(C)C2CO)c1. The van der Waals surface area contributed by atoms with Crippen molar-refractivity contribution in [2.45, 2.75) is 45.7 Å². The Morgan fingerprint density at radius 2 is 2.29 bits per heavy atom. The number of aliphatic hydroxyl groups excluding tert-OH is 1. The minimum Gasteiger partial charge on any atom is -0.494 e. The summed E-state index contributed by atoms with van der Waals surface area (Å²) in [6.07, 6.45) is 3.18. The summed E-state index contributed by atoms with van der Waals surface area (Å²) >= 11 is 0. The molecule has 24 heavy (non-hydrogen) atoms. The lowest BCUT2D eigenvalue weighted by Crippen LogP contribution is -2.50. The van der Waals surface area contributed by atoms with E-state index in [0.29, 0.717) is 25.6 Å². The highest BCUT2D eigenvalue weighted by atomic mass is 16.5. The minimum absolute atomic E-state index is 0.00225. The molecule has 5 nitrogen and oxygen atoms in total. The van der Waals surface area contributed by atoms with Crippen LogP contribution in [-0.2, 0) is 11.3 Å². The van der Waals surface area contributed by atoms with Crippen molar-refractivity contribution in [2.24, 2.45) is 5.92 Å². The highest BCUT2D eigenvalue weighted by Gasteiger charge is 2.28. The summed E-state index contributed by atoms with van der Waals surface area (Å²) in [6.45, 7) is 6.76. The molecule has 2 atom stereocenters. The molecule has 0 aliphatic carbocycles. The average Bonchev–Trinajstić information content (AvgIpc) is 2.59. The van der Waals surface area contributed by atoms with Gasteiger partial charge < -0.3 is 15.2 Å². The number of nitrogens with one attached hydrogen (secondary N) is 1. The number of rotatable bonds is 8. The zero-order chi connectivity index (χ0) is 17.4. The molecule has 0 bridgehead atoms. The van der Waals surface area contributed by atoms with Crippen LogP contribution in [0, 0.1) is 5.92 Å². The topological polar surface area (TPSA) is 61.8 Å². The standard InChI is InChI=1S/C19H30N2O3/c1-3-10-24-17-8-4-7-16(11-17)12-20-19(23)13-21-9-5-6-15(2)18(21)14-22/h4,7-8,11,15,18,22H,3,5-6,9-10,12-14H2,1-2H3,(H,20,23). The van der Waals surface area contributed by atoms with E-state index in [2.05, 4.69) is 24.1 Å². The molecule has 134 valence electrons. The van der Waals surface area contributed by atoms with Crippen LogP contribution in [-0.4, -0.2) is 48.3 Å². The molecule has 1 amide bonds. The predicted octanol–water partition coefficient (Wildman–Crippen LogP) is 2.18. The van der Waals surface area contributed by atoms with Crippen molar-refractivity contribution < 1.29 is 14.6 Å². The van der Waals surface area contributed by atoms with Gasteiger partial charge >= 0.3 is 0 Å². The first kappa shape index (κ1) is 18.7. The van der Waals surface area contributed by atoms with Gasteiger partial charge in [0.2, 0.25) is 5.91 Å². The normalized spacial score (nSPS) is 21.5. The van der Waals surface area contributed by atoms with Crippen molar-refractivity contribution in [1.29, 1.82) is 0 Å². The Morgan fingerprint density at radius 1 is 1.46 bits per heavy atom. The van der Waals surface area contributed by atoms with Gasteiger partial charge in [0.05, 0.1) is 19.8 Å². The molecule has 1 fully saturated rings. The first-order valence-electron chi connectivity index (χ1n) is 8.97. The number of aliphatic hydroxyl groups is 1. The number of hydrogen-bond donors (Lipinski definition) is 2. The van der Waals surface area contributed by atoms with Crippen LogP contribution in [0.15, 0.2) is 24.3 Å². The molecule has 2 N–H and O–H groups in total. The van der Waals surface area contributed by atoms with Crippen LogP contribution < -0.4 is 10.1 Å². The van der Waals surface area contributed by atoms with Gasteiger partial charge in [-0.15, -0.1) is 0 Å². The summed E-state index contributed by atoms with van der Waals surface area (Å²) in [7, 11) is 0. The quantitative estimate of drug-likeness (QED) is 0.765. The number of benzene rings is 1. The summed E-state index contributed by atoms with van der Waals surface area (Å²) in [5, 5.41) is 12.5. The molecule has 1 heterocycles. The van der Waals surface area contributed by atoms with Gasteiger partial charge in [-0.2, -0.15) is 0 Å². The minimum atomic E-state index is 0.00225. The number of hydrogen-bond acceptors (Lipinski definition) is 4. The fraction of sp³-hybridized carbons (Fsp3) is 0.632. The van der Waals surface area contributed by atoms with Crippen molar-refractivity contribution >= 4 is 5.91 Å². The second-order valence-electron chi connectivity index (χ2n) is 6.61. The third-order valence-electron chi connectivity index (χ3n) is 4.63. The number of carbonyl (C=O) groups excluding carboxylic acids is 1. The first-order valence-corrected chi connectivity index (χ1v) is 8.97. The van der Waals surface area contributed by atoms with Crippen LogP contribution in [0.3, 0.4) is 0 Å². The van der Waals surface area contributed by atoms with Gasteiger partial charge in [0.15, 0.2) is 0 Å². The molecule has 1 saturated heterocycles. The molecule has 1 aliphatic heterocycles. The molecule has 1 aromatic carbocycles. The van der Waals surface area contributed by atoms with E-state index in [4.69, 9.17) is 4.74 Å². The maximum absolute atomic E-state index is 12.2. The summed E-state index contributed by atoms with van der Waals surface area (Å²) in [5.41, 5.74) is 1.03. The summed E-state index contributed by atoms with van der Waals surface area (Å²) in [4.78, 5) is 14.3. The van der Waals surface area contributed by atoms with E-state index in [1.807, 2.05) is 24.3 Å². The second-order valence-corrected chi connectivity index (χ2v) is 6.61. The van der Waals surface area contributed by atoms with Gasteiger partial charge in [-0.1, -0.05) is 26.0 Å². The number of carbonyl (C=O) groups is 1. The highest BCUT2D eigenvalue weighted by Crippen LogP contribution is 2.22. The fourth-order valence-electron chi connectivity index (χ4n) is 3.23. The summed E-state index contributed by atoms with van der Waals surface area (Å²) in [6, 6.07) is 7.92. The van der Waals surface area contributed by atoms with E-state index >= 15 is 0 Å². The molecule has 0 radical (unpaired) electrons. The van der Waals surface area contributed by atoms with Crippen molar-refractivity contribution in [1.82, 2.24) is 10.2 Å². The maximum atomic E-state index is 12.2. The van der Waals surface area contributed by atoms with Gasteiger partial charge in [-0.25, -0.2) is 0 Å². The first-order chi connectivity index (χ1) is 11.6. The maximum Gasteiger partial charge on any atom is 0.234 e. The van der Waals surface area contributed by atoms with Gasteiger partial charge in [0, 0.05) is 12.6 Å². The molecular weight excluding hydrogens is 304 g/mol. The van der Waals surface area contributed by atoms with Crippen LogP contribution in [0.4, 0.5) is 0 Å². The Labute approximate surface area is 145 Å². The Balaban J connectivity index is 1.82. The Hall–Kier alpha value is -1.59. The van der Waals surface area contributed by atoms with Crippen LogP contribution >= 0.6 is 0 Å². The van der Waals surface area contributed by atoms with Gasteiger partial charge in [-0.05, 0) is 49.4 Å². The van der Waals surface area contributed by atoms with Gasteiger partial charge in [-0.3, -0.25) is 9.69 Å². The Bertz CT molecular complexity index is 521. The lowest BCUT2D eigenvalue weighted by atomic mass is 9.91. The number of amides is 1. The van der Waals surface area contributed by atoms with Crippen LogP contribution in [0.1, 0.15) is 38.7 Å². The lowest BCUT2D eigenvalue weighted by Gasteiger charge is -2.38. The van der Waals surface area contributed by atoms with E-state index in [9.17, 15) is 9.90 Å². The smallest absolute Gasteiger partial charge is 0.234 e. The number of nitrogens with zero attached hydrogens (tertiary/aromatic N) is 1. The molecule has 0 aromatic heterocycles. The van der Waals surface area contributed by atoms with Crippen LogP contribution in [0.25, 0.3) is 0 Å². The Morgan fingerprint density at radius 3 is 3.04 bits per heavy atom. The van der Waals surface area contributed by atoms with Crippen molar-refractivity contribution in [2.75, 3.05) is 26.3 Å².